The number of aryl methyl sites for hydroxylation is 2. The first-order chi connectivity index (χ1) is 15.7. The molecule has 0 radical (unpaired) electrons. The fraction of sp³-hybridized carbons (Fsp3) is 0.818. The molecule has 4 rings (SSSR count). The molecule has 3 aliphatic heterocycles. The van der Waals surface area contributed by atoms with Gasteiger partial charge in [-0.3, -0.25) is 14.7 Å². The second-order valence-electron chi connectivity index (χ2n) is 8.83. The van der Waals surface area contributed by atoms with E-state index in [9.17, 15) is 4.79 Å². The van der Waals surface area contributed by atoms with Gasteiger partial charge >= 0.3 is 0 Å². The summed E-state index contributed by atoms with van der Waals surface area (Å²) in [4.78, 5) is 23.4. The number of morpholine rings is 1. The molecule has 11 heteroatoms. The van der Waals surface area contributed by atoms with E-state index in [1.54, 1.807) is 0 Å². The topological polar surface area (TPSA) is 91.1 Å². The molecule has 0 bridgehead atoms. The summed E-state index contributed by atoms with van der Waals surface area (Å²) >= 11 is 0. The molecule has 0 aromatic carbocycles. The van der Waals surface area contributed by atoms with Gasteiger partial charge in [0.2, 0.25) is 5.91 Å². The molecular weight excluding hydrogens is 535 g/mol. The number of carbonyl (C=O) groups is 1. The Balaban J connectivity index is 0.00000306. The summed E-state index contributed by atoms with van der Waals surface area (Å²) in [6.45, 7) is 8.69. The van der Waals surface area contributed by atoms with E-state index in [1.165, 1.54) is 19.3 Å². The molecule has 0 atom stereocenters. The number of guanidine groups is 1. The molecule has 1 aromatic heterocycles. The molecule has 10 nitrogen and oxygen atoms in total. The van der Waals surface area contributed by atoms with Crippen LogP contribution >= 0.6 is 24.0 Å². The minimum Gasteiger partial charge on any atom is -0.378 e. The normalized spacial score (nSPS) is 20.1. The molecule has 33 heavy (non-hydrogen) atoms. The molecule has 0 unspecified atom stereocenters. The van der Waals surface area contributed by atoms with Gasteiger partial charge in [-0.2, -0.15) is 0 Å². The Hall–Kier alpha value is -1.47. The highest BCUT2D eigenvalue weighted by Gasteiger charge is 2.24. The molecule has 0 aliphatic carbocycles. The highest BCUT2D eigenvalue weighted by atomic mass is 127. The molecule has 4 heterocycles. The lowest BCUT2D eigenvalue weighted by Gasteiger charge is -2.37. The van der Waals surface area contributed by atoms with Gasteiger partial charge < -0.3 is 24.4 Å². The van der Waals surface area contributed by atoms with E-state index in [4.69, 9.17) is 4.74 Å². The molecule has 0 spiro atoms. The Labute approximate surface area is 214 Å². The van der Waals surface area contributed by atoms with Gasteiger partial charge in [-0.05, 0) is 19.3 Å². The van der Waals surface area contributed by atoms with Crippen molar-refractivity contribution in [2.45, 2.75) is 45.1 Å². The van der Waals surface area contributed by atoms with Gasteiger partial charge in [0.25, 0.3) is 0 Å². The minimum absolute atomic E-state index is 0. The lowest BCUT2D eigenvalue weighted by molar-refractivity contribution is -0.136. The second-order valence-corrected chi connectivity index (χ2v) is 8.83. The van der Waals surface area contributed by atoms with Crippen LogP contribution in [0.5, 0.6) is 0 Å². The molecule has 0 saturated carbocycles. The van der Waals surface area contributed by atoms with Gasteiger partial charge in [0.05, 0.1) is 19.8 Å². The summed E-state index contributed by atoms with van der Waals surface area (Å²) in [6.07, 6.45) is 6.74. The van der Waals surface area contributed by atoms with Crippen molar-refractivity contribution >= 4 is 35.8 Å². The fourth-order valence-electron chi connectivity index (χ4n) is 4.73. The summed E-state index contributed by atoms with van der Waals surface area (Å²) in [6, 6.07) is 0. The Bertz CT molecular complexity index is 772. The van der Waals surface area contributed by atoms with E-state index in [0.717, 1.165) is 76.1 Å². The number of nitrogens with zero attached hydrogens (tertiary/aromatic N) is 7. The number of fused-ring (bicyclic) bond motifs is 1. The maximum atomic E-state index is 12.5. The van der Waals surface area contributed by atoms with Gasteiger partial charge in [0.15, 0.2) is 5.96 Å². The molecule has 2 saturated heterocycles. The van der Waals surface area contributed by atoms with Crippen LogP contribution in [0.4, 0.5) is 0 Å². The molecule has 2 fully saturated rings. The summed E-state index contributed by atoms with van der Waals surface area (Å²) in [5.74, 6) is 3.45. The summed E-state index contributed by atoms with van der Waals surface area (Å²) in [5.41, 5.74) is 0. The van der Waals surface area contributed by atoms with Crippen LogP contribution in [0.2, 0.25) is 0 Å². The number of piperazine rings is 1. The predicted octanol–water partition coefficient (Wildman–Crippen LogP) is 0.607. The highest BCUT2D eigenvalue weighted by molar-refractivity contribution is 14.0. The van der Waals surface area contributed by atoms with Crippen LogP contribution < -0.4 is 5.32 Å². The number of halogens is 1. The van der Waals surface area contributed by atoms with Crippen molar-refractivity contribution in [2.75, 3.05) is 72.6 Å². The van der Waals surface area contributed by atoms with E-state index >= 15 is 0 Å². The number of hydrogen-bond donors (Lipinski definition) is 1. The van der Waals surface area contributed by atoms with Crippen LogP contribution in [-0.4, -0.2) is 114 Å². The number of ether oxygens (including phenoxy) is 1. The quantitative estimate of drug-likeness (QED) is 0.231. The van der Waals surface area contributed by atoms with E-state index in [-0.39, 0.29) is 29.9 Å². The van der Waals surface area contributed by atoms with Gasteiger partial charge in [0.1, 0.15) is 11.6 Å². The van der Waals surface area contributed by atoms with Gasteiger partial charge in [-0.15, -0.1) is 34.2 Å². The third kappa shape index (κ3) is 7.25. The van der Waals surface area contributed by atoms with Crippen molar-refractivity contribution in [3.8, 4) is 0 Å². The summed E-state index contributed by atoms with van der Waals surface area (Å²) in [5, 5.41) is 12.3. The number of carbonyl (C=O) groups excluding carboxylic acids is 1. The lowest BCUT2D eigenvalue weighted by atomic mass is 10.2. The standard InChI is InChI=1S/C22H38N8O2.HI/c1-23-22(24-8-5-7-20-26-25-19-6-3-2-4-9-30(19)20)29-12-10-27(11-13-29)18-21(31)28-14-16-32-17-15-28;/h2-18H2,1H3,(H,23,24);1H. The first-order valence-corrected chi connectivity index (χ1v) is 12.2. The minimum atomic E-state index is 0. The third-order valence-corrected chi connectivity index (χ3v) is 6.65. The lowest BCUT2D eigenvalue weighted by Crippen LogP contribution is -2.55. The predicted molar refractivity (Wildman–Crippen MR) is 138 cm³/mol. The van der Waals surface area contributed by atoms with Crippen LogP contribution in [0.1, 0.15) is 37.3 Å². The number of aromatic nitrogens is 3. The molecular formula is C22H39IN8O2. The van der Waals surface area contributed by atoms with Crippen molar-refractivity contribution in [2.24, 2.45) is 4.99 Å². The van der Waals surface area contributed by atoms with Crippen molar-refractivity contribution in [3.05, 3.63) is 11.6 Å². The van der Waals surface area contributed by atoms with E-state index in [1.807, 2.05) is 11.9 Å². The average molecular weight is 575 g/mol. The zero-order chi connectivity index (χ0) is 22.2. The van der Waals surface area contributed by atoms with Gasteiger partial charge in [-0.1, -0.05) is 6.42 Å². The zero-order valence-corrected chi connectivity index (χ0v) is 22.2. The monoisotopic (exact) mass is 574 g/mol. The van der Waals surface area contributed by atoms with Crippen LogP contribution in [0.3, 0.4) is 0 Å². The molecule has 3 aliphatic rings. The Morgan fingerprint density at radius 1 is 1.00 bits per heavy atom. The zero-order valence-electron chi connectivity index (χ0n) is 19.9. The first kappa shape index (κ1) is 26.1. The average Bonchev–Trinajstić information content (AvgIpc) is 3.06. The van der Waals surface area contributed by atoms with Gasteiger partial charge in [0, 0.05) is 72.2 Å². The maximum absolute atomic E-state index is 12.5. The fourth-order valence-corrected chi connectivity index (χ4v) is 4.73. The van der Waals surface area contributed by atoms with E-state index in [2.05, 4.69) is 34.9 Å². The Morgan fingerprint density at radius 3 is 2.55 bits per heavy atom. The van der Waals surface area contributed by atoms with E-state index in [0.29, 0.717) is 32.8 Å². The Kier molecular flexibility index (Phi) is 10.6. The number of aliphatic imine (C=N–C) groups is 1. The molecule has 1 N–H and O–H groups in total. The highest BCUT2D eigenvalue weighted by Crippen LogP contribution is 2.15. The number of amides is 1. The van der Waals surface area contributed by atoms with Crippen molar-refractivity contribution in [3.63, 3.8) is 0 Å². The van der Waals surface area contributed by atoms with Gasteiger partial charge in [-0.25, -0.2) is 0 Å². The van der Waals surface area contributed by atoms with Crippen LogP contribution in [0.15, 0.2) is 4.99 Å². The first-order valence-electron chi connectivity index (χ1n) is 12.2. The third-order valence-electron chi connectivity index (χ3n) is 6.65. The largest absolute Gasteiger partial charge is 0.378 e. The number of rotatable bonds is 6. The van der Waals surface area contributed by atoms with Crippen molar-refractivity contribution in [1.29, 1.82) is 0 Å². The summed E-state index contributed by atoms with van der Waals surface area (Å²) in [7, 11) is 1.84. The van der Waals surface area contributed by atoms with Crippen molar-refractivity contribution < 1.29 is 9.53 Å². The Morgan fingerprint density at radius 2 is 1.79 bits per heavy atom. The smallest absolute Gasteiger partial charge is 0.236 e. The van der Waals surface area contributed by atoms with Crippen LogP contribution in [0.25, 0.3) is 0 Å². The van der Waals surface area contributed by atoms with Crippen LogP contribution in [-0.2, 0) is 28.9 Å². The van der Waals surface area contributed by atoms with Crippen molar-refractivity contribution in [1.82, 2.24) is 34.8 Å². The molecule has 1 aromatic rings. The second kappa shape index (κ2) is 13.4. The molecule has 186 valence electrons. The van der Waals surface area contributed by atoms with E-state index < -0.39 is 0 Å². The SMILES string of the molecule is CN=C(NCCCc1nnc2n1CCCCC2)N1CCN(CC(=O)N2CCOCC2)CC1.I. The summed E-state index contributed by atoms with van der Waals surface area (Å²) < 4.78 is 7.67. The number of hydrogen-bond acceptors (Lipinski definition) is 6. The van der Waals surface area contributed by atoms with Crippen LogP contribution in [0, 0.1) is 0 Å². The molecule has 1 amide bonds. The maximum Gasteiger partial charge on any atom is 0.236 e. The number of nitrogens with one attached hydrogen (secondary N) is 1.